The minimum atomic E-state index is -4.83. The first-order valence-electron chi connectivity index (χ1n) is 10.2. The van der Waals surface area contributed by atoms with Crippen molar-refractivity contribution in [3.63, 3.8) is 0 Å². The first-order valence-corrected chi connectivity index (χ1v) is 10.6. The highest BCUT2D eigenvalue weighted by Gasteiger charge is 2.42. The smallest absolute Gasteiger partial charge is 0.451 e. The average Bonchev–Trinajstić information content (AvgIpc) is 2.85. The van der Waals surface area contributed by atoms with Crippen LogP contribution in [0.5, 0.6) is 5.75 Å². The molecule has 35 heavy (non-hydrogen) atoms. The molecule has 0 radical (unpaired) electrons. The van der Waals surface area contributed by atoms with Gasteiger partial charge in [0, 0.05) is 21.8 Å². The lowest BCUT2D eigenvalue weighted by molar-refractivity contribution is -0.274. The van der Waals surface area contributed by atoms with Crippen LogP contribution in [-0.2, 0) is 9.53 Å². The van der Waals surface area contributed by atoms with Crippen LogP contribution in [0.25, 0.3) is 11.3 Å². The molecule has 2 N–H and O–H groups in total. The molecule has 0 aliphatic carbocycles. The summed E-state index contributed by atoms with van der Waals surface area (Å²) in [6, 6.07) is 20.6. The van der Waals surface area contributed by atoms with E-state index in [4.69, 9.17) is 21.9 Å². The predicted octanol–water partition coefficient (Wildman–Crippen LogP) is 7.06. The van der Waals surface area contributed by atoms with Gasteiger partial charge in [-0.25, -0.2) is 5.53 Å². The van der Waals surface area contributed by atoms with Crippen LogP contribution in [-0.4, -0.2) is 18.0 Å². The Balaban J connectivity index is 1.64. The number of nitrogens with one attached hydrogen (secondary N) is 2. The molecule has 3 aromatic rings. The molecular weight excluding hydrogens is 483 g/mol. The third-order valence-electron chi connectivity index (χ3n) is 5.01. The Kier molecular flexibility index (Phi) is 6.61. The molecule has 0 saturated heterocycles. The fourth-order valence-electron chi connectivity index (χ4n) is 3.37. The van der Waals surface area contributed by atoms with E-state index in [0.29, 0.717) is 21.9 Å². The van der Waals surface area contributed by atoms with Gasteiger partial charge in [0.25, 0.3) is 5.91 Å². The van der Waals surface area contributed by atoms with Gasteiger partial charge in [-0.15, -0.1) is 18.3 Å². The zero-order valence-corrected chi connectivity index (χ0v) is 18.6. The summed E-state index contributed by atoms with van der Waals surface area (Å²) in [6.07, 6.45) is -1.85. The molecule has 4 rings (SSSR count). The van der Waals surface area contributed by atoms with Crippen molar-refractivity contribution < 1.29 is 27.4 Å². The van der Waals surface area contributed by atoms with E-state index in [0.717, 1.165) is 17.7 Å². The van der Waals surface area contributed by atoms with E-state index in [-0.39, 0.29) is 5.69 Å². The fraction of sp³-hybridized carbons (Fsp3) is 0.0800. The zero-order chi connectivity index (χ0) is 25.1. The van der Waals surface area contributed by atoms with Gasteiger partial charge in [0.2, 0.25) is 0 Å². The van der Waals surface area contributed by atoms with Crippen LogP contribution in [0, 0.1) is 5.53 Å². The number of hydrogen-bond donors (Lipinski definition) is 2. The standard InChI is InChI=1S/C25H17ClF3N3O3/c26-18-8-6-17(7-9-18)22-21(16-4-2-1-3-5-16)14-15-24(32-30,35-22)23(33)31-19-10-12-20(13-11-19)34-25(27,28)29/h1-15,30H,(H,31,33). The maximum atomic E-state index is 13.2. The fourth-order valence-corrected chi connectivity index (χ4v) is 3.50. The van der Waals surface area contributed by atoms with Gasteiger partial charge in [0.05, 0.1) is 0 Å². The van der Waals surface area contributed by atoms with Crippen LogP contribution in [0.2, 0.25) is 5.02 Å². The third kappa shape index (κ3) is 5.52. The maximum absolute atomic E-state index is 13.2. The van der Waals surface area contributed by atoms with Crippen LogP contribution in [0.3, 0.4) is 0 Å². The number of ether oxygens (including phenoxy) is 2. The lowest BCUT2D eigenvalue weighted by atomic mass is 9.96. The molecule has 178 valence electrons. The summed E-state index contributed by atoms with van der Waals surface area (Å²) in [5.41, 5.74) is 7.92. The first-order chi connectivity index (χ1) is 16.7. The van der Waals surface area contributed by atoms with Crippen molar-refractivity contribution in [2.75, 3.05) is 5.32 Å². The topological polar surface area (TPSA) is 83.8 Å². The Labute approximate surface area is 203 Å². The number of halogens is 4. The number of allylic oxidation sites excluding steroid dienone is 2. The molecular formula is C25H17ClF3N3O3. The van der Waals surface area contributed by atoms with Crippen LogP contribution in [0.4, 0.5) is 18.9 Å². The molecule has 1 unspecified atom stereocenters. The minimum absolute atomic E-state index is 0.162. The number of hydrogen-bond acceptors (Lipinski definition) is 5. The molecule has 1 heterocycles. The number of rotatable bonds is 6. The Bertz CT molecular complexity index is 1290. The van der Waals surface area contributed by atoms with Crippen molar-refractivity contribution in [2.45, 2.75) is 12.1 Å². The predicted molar refractivity (Wildman–Crippen MR) is 125 cm³/mol. The quantitative estimate of drug-likeness (QED) is 0.356. The lowest BCUT2D eigenvalue weighted by Crippen LogP contribution is -2.42. The number of carbonyl (C=O) groups excluding carboxylic acids is 1. The second-order valence-corrected chi connectivity index (χ2v) is 7.82. The van der Waals surface area contributed by atoms with Gasteiger partial charge in [0.15, 0.2) is 0 Å². The first kappa shape index (κ1) is 24.0. The highest BCUT2D eigenvalue weighted by molar-refractivity contribution is 6.30. The molecule has 1 aliphatic rings. The number of anilines is 1. The molecule has 0 bridgehead atoms. The maximum Gasteiger partial charge on any atom is 0.573 e. The molecule has 0 aromatic heterocycles. The van der Waals surface area contributed by atoms with Gasteiger partial charge in [-0.1, -0.05) is 41.9 Å². The number of amides is 1. The van der Waals surface area contributed by atoms with E-state index in [9.17, 15) is 18.0 Å². The van der Waals surface area contributed by atoms with E-state index < -0.39 is 23.7 Å². The molecule has 6 nitrogen and oxygen atoms in total. The van der Waals surface area contributed by atoms with Crippen LogP contribution < -0.4 is 10.1 Å². The summed E-state index contributed by atoms with van der Waals surface area (Å²) in [7, 11) is 0. The number of benzene rings is 3. The Hall–Kier alpha value is -4.11. The molecule has 1 atom stereocenters. The number of nitrogens with zero attached hydrogens (tertiary/aromatic N) is 1. The summed E-state index contributed by atoms with van der Waals surface area (Å²) in [6.45, 7) is 0. The normalized spacial score (nSPS) is 17.5. The van der Waals surface area contributed by atoms with Gasteiger partial charge in [-0.2, -0.15) is 0 Å². The van der Waals surface area contributed by atoms with E-state index in [1.807, 2.05) is 30.3 Å². The molecule has 3 aromatic carbocycles. The zero-order valence-electron chi connectivity index (χ0n) is 17.8. The van der Waals surface area contributed by atoms with Crippen LogP contribution >= 0.6 is 11.6 Å². The van der Waals surface area contributed by atoms with Gasteiger partial charge in [0.1, 0.15) is 11.5 Å². The summed E-state index contributed by atoms with van der Waals surface area (Å²) in [5, 5.41) is 6.49. The highest BCUT2D eigenvalue weighted by atomic mass is 35.5. The second kappa shape index (κ2) is 9.63. The molecule has 0 saturated carbocycles. The monoisotopic (exact) mass is 499 g/mol. The molecule has 10 heteroatoms. The molecule has 0 fully saturated rings. The van der Waals surface area contributed by atoms with Crippen molar-refractivity contribution in [2.24, 2.45) is 5.11 Å². The van der Waals surface area contributed by atoms with Gasteiger partial charge in [-0.3, -0.25) is 4.79 Å². The molecule has 1 aliphatic heterocycles. The van der Waals surface area contributed by atoms with E-state index >= 15 is 0 Å². The Morgan fingerprint density at radius 2 is 1.63 bits per heavy atom. The Morgan fingerprint density at radius 1 is 0.971 bits per heavy atom. The Morgan fingerprint density at radius 3 is 2.23 bits per heavy atom. The minimum Gasteiger partial charge on any atom is -0.451 e. The van der Waals surface area contributed by atoms with Gasteiger partial charge < -0.3 is 14.8 Å². The highest BCUT2D eigenvalue weighted by Crippen LogP contribution is 2.38. The van der Waals surface area contributed by atoms with Crippen LogP contribution in [0.1, 0.15) is 11.1 Å². The van der Waals surface area contributed by atoms with Crippen molar-refractivity contribution in [3.05, 3.63) is 107 Å². The average molecular weight is 500 g/mol. The van der Waals surface area contributed by atoms with Crippen LogP contribution in [0.15, 0.2) is 96.1 Å². The van der Waals surface area contributed by atoms with E-state index in [1.54, 1.807) is 30.3 Å². The molecule has 1 amide bonds. The van der Waals surface area contributed by atoms with Crippen molar-refractivity contribution >= 4 is 34.5 Å². The van der Waals surface area contributed by atoms with Crippen molar-refractivity contribution in [1.82, 2.24) is 0 Å². The largest absolute Gasteiger partial charge is 0.573 e. The number of alkyl halides is 3. The summed E-state index contributed by atoms with van der Waals surface area (Å²) >= 11 is 6.02. The van der Waals surface area contributed by atoms with E-state index in [2.05, 4.69) is 15.2 Å². The van der Waals surface area contributed by atoms with Crippen molar-refractivity contribution in [3.8, 4) is 5.75 Å². The molecule has 0 spiro atoms. The van der Waals surface area contributed by atoms with Crippen molar-refractivity contribution in [1.29, 1.82) is 5.53 Å². The number of carbonyl (C=O) groups is 1. The third-order valence-corrected chi connectivity index (χ3v) is 5.26. The van der Waals surface area contributed by atoms with Gasteiger partial charge >= 0.3 is 12.1 Å². The lowest BCUT2D eigenvalue weighted by Gasteiger charge is -2.31. The second-order valence-electron chi connectivity index (χ2n) is 7.39. The SMILES string of the molecule is N=NC1(C(=O)Nc2ccc(OC(F)(F)F)cc2)C=CC(c2ccccc2)=C(c2ccc(Cl)cc2)O1. The van der Waals surface area contributed by atoms with E-state index in [1.165, 1.54) is 18.2 Å². The summed E-state index contributed by atoms with van der Waals surface area (Å²) in [4.78, 5) is 13.2. The van der Waals surface area contributed by atoms with Gasteiger partial charge in [-0.05, 0) is 66.2 Å². The summed E-state index contributed by atoms with van der Waals surface area (Å²) in [5.74, 6) is -0.952. The summed E-state index contributed by atoms with van der Waals surface area (Å²) < 4.78 is 47.0.